The molecular formula is C34H26ClN7O3. The first-order valence-corrected chi connectivity index (χ1v) is 14.8. The van der Waals surface area contributed by atoms with Crippen LogP contribution in [0.5, 0.6) is 0 Å². The van der Waals surface area contributed by atoms with Crippen LogP contribution in [0.25, 0.3) is 44.7 Å². The number of carbonyl (C=O) groups is 1. The molecule has 10 nitrogen and oxygen atoms in total. The molecule has 1 atom stereocenters. The maximum atomic E-state index is 11.4. The Balaban J connectivity index is 1.22. The first-order chi connectivity index (χ1) is 21.9. The smallest absolute Gasteiger partial charge is 0.307 e. The van der Waals surface area contributed by atoms with Crippen LogP contribution < -0.4 is 5.32 Å². The highest BCUT2D eigenvalue weighted by Crippen LogP contribution is 2.40. The number of carboxylic acids is 1. The zero-order valence-electron chi connectivity index (χ0n) is 24.2. The van der Waals surface area contributed by atoms with Crippen molar-refractivity contribution in [2.24, 2.45) is 5.92 Å². The second-order valence-electron chi connectivity index (χ2n) is 11.0. The summed E-state index contributed by atoms with van der Waals surface area (Å²) in [6.07, 6.45) is 5.55. The van der Waals surface area contributed by atoms with Gasteiger partial charge < -0.3 is 14.8 Å². The maximum Gasteiger partial charge on any atom is 0.307 e. The van der Waals surface area contributed by atoms with Gasteiger partial charge in [-0.25, -0.2) is 15.0 Å². The molecule has 1 fully saturated rings. The van der Waals surface area contributed by atoms with Crippen molar-refractivity contribution in [3.63, 3.8) is 0 Å². The number of carboxylic acid groups (broad SMARTS) is 1. The molecular weight excluding hydrogens is 590 g/mol. The van der Waals surface area contributed by atoms with Gasteiger partial charge in [-0.05, 0) is 66.9 Å². The molecule has 0 bridgehead atoms. The van der Waals surface area contributed by atoms with Gasteiger partial charge in [-0.3, -0.25) is 14.7 Å². The van der Waals surface area contributed by atoms with E-state index in [2.05, 4.69) is 31.2 Å². The quantitative estimate of drug-likeness (QED) is 0.193. The second-order valence-corrected chi connectivity index (χ2v) is 11.4. The largest absolute Gasteiger partial charge is 0.481 e. The lowest BCUT2D eigenvalue weighted by atomic mass is 9.96. The van der Waals surface area contributed by atoms with Crippen molar-refractivity contribution in [1.82, 2.24) is 24.8 Å². The Labute approximate surface area is 263 Å². The van der Waals surface area contributed by atoms with E-state index in [0.717, 1.165) is 33.3 Å². The van der Waals surface area contributed by atoms with Crippen LogP contribution in [0.1, 0.15) is 23.1 Å². The average molecular weight is 616 g/mol. The Hall–Kier alpha value is -5.37. The molecule has 6 aromatic rings. The van der Waals surface area contributed by atoms with E-state index in [0.29, 0.717) is 70.7 Å². The molecule has 0 radical (unpaired) electrons. The molecule has 1 saturated heterocycles. The van der Waals surface area contributed by atoms with Crippen LogP contribution in [-0.2, 0) is 11.3 Å². The molecule has 3 aromatic heterocycles. The zero-order valence-corrected chi connectivity index (χ0v) is 24.9. The van der Waals surface area contributed by atoms with Crippen LogP contribution >= 0.6 is 11.6 Å². The topological polar surface area (TPSA) is 141 Å². The van der Waals surface area contributed by atoms with Crippen LogP contribution in [0, 0.1) is 24.2 Å². The van der Waals surface area contributed by atoms with Crippen molar-refractivity contribution in [2.45, 2.75) is 19.9 Å². The number of rotatable bonds is 7. The number of hydrogen-bond donors (Lipinski definition) is 2. The number of hydrogen-bond acceptors (Lipinski definition) is 9. The molecule has 0 saturated carbocycles. The Morgan fingerprint density at radius 3 is 2.69 bits per heavy atom. The van der Waals surface area contributed by atoms with Crippen molar-refractivity contribution in [2.75, 3.05) is 18.4 Å². The summed E-state index contributed by atoms with van der Waals surface area (Å²) in [4.78, 5) is 31.5. The lowest BCUT2D eigenvalue weighted by Crippen LogP contribution is -2.22. The third-order valence-corrected chi connectivity index (χ3v) is 8.60. The van der Waals surface area contributed by atoms with Gasteiger partial charge in [0.1, 0.15) is 17.1 Å². The summed E-state index contributed by atoms with van der Waals surface area (Å²) < 4.78 is 6.20. The molecule has 7 rings (SSSR count). The van der Waals surface area contributed by atoms with Crippen molar-refractivity contribution in [3.8, 4) is 28.7 Å². The van der Waals surface area contributed by atoms with Gasteiger partial charge in [-0.1, -0.05) is 35.9 Å². The van der Waals surface area contributed by atoms with Crippen LogP contribution in [-0.4, -0.2) is 49.0 Å². The number of aromatic nitrogens is 4. The number of nitrogens with zero attached hydrogens (tertiary/aromatic N) is 6. The summed E-state index contributed by atoms with van der Waals surface area (Å²) in [5, 5.41) is 23.1. The van der Waals surface area contributed by atoms with E-state index >= 15 is 0 Å². The minimum Gasteiger partial charge on any atom is -0.481 e. The molecule has 1 aliphatic rings. The van der Waals surface area contributed by atoms with Crippen molar-refractivity contribution < 1.29 is 14.3 Å². The number of benzene rings is 3. The number of oxazole rings is 1. The van der Waals surface area contributed by atoms with Gasteiger partial charge in [0.15, 0.2) is 11.4 Å². The molecule has 4 heterocycles. The lowest BCUT2D eigenvalue weighted by Gasteiger charge is -2.15. The molecule has 0 amide bonds. The second kappa shape index (κ2) is 11.6. The number of aliphatic carboxylic acids is 1. The molecule has 1 unspecified atom stereocenters. The number of halogens is 1. The fourth-order valence-corrected chi connectivity index (χ4v) is 6.20. The monoisotopic (exact) mass is 615 g/mol. The maximum absolute atomic E-state index is 11.4. The summed E-state index contributed by atoms with van der Waals surface area (Å²) in [7, 11) is 0. The van der Waals surface area contributed by atoms with E-state index < -0.39 is 5.97 Å². The number of nitrogens with one attached hydrogen (secondary N) is 1. The number of pyridine rings is 1. The molecule has 1 aliphatic heterocycles. The van der Waals surface area contributed by atoms with Crippen LogP contribution in [0.2, 0.25) is 5.02 Å². The molecule has 0 aliphatic carbocycles. The van der Waals surface area contributed by atoms with E-state index in [1.807, 2.05) is 49.4 Å². The van der Waals surface area contributed by atoms with Gasteiger partial charge in [-0.15, -0.1) is 0 Å². The third kappa shape index (κ3) is 5.33. The molecule has 0 spiro atoms. The Bertz CT molecular complexity index is 2150. The fourth-order valence-electron chi connectivity index (χ4n) is 5.93. The summed E-state index contributed by atoms with van der Waals surface area (Å²) in [5.74, 6) is -0.192. The Kier molecular flexibility index (Phi) is 7.33. The standard InChI is InChI=1S/C34H26ClN7O3/c1-19-23(25-6-3-7-26(29(25)35)40-32-30-27(8-10-39-32)37-11-12-38-30)4-2-5-24(19)33-41-28-15-20(14-22(16-36)31(28)45-33)17-42-13-9-21(18-42)34(43)44/h2-8,10-12,14-15,21H,9,13,17-18H2,1H3,(H,39,40)(H,43,44). The lowest BCUT2D eigenvalue weighted by molar-refractivity contribution is -0.141. The van der Waals surface area contributed by atoms with Crippen LogP contribution in [0.15, 0.2) is 77.6 Å². The minimum atomic E-state index is -0.773. The van der Waals surface area contributed by atoms with Gasteiger partial charge in [-0.2, -0.15) is 5.26 Å². The minimum absolute atomic E-state index is 0.368. The summed E-state index contributed by atoms with van der Waals surface area (Å²) in [6, 6.07) is 19.4. The predicted octanol–water partition coefficient (Wildman–Crippen LogP) is 6.98. The number of nitriles is 1. The first-order valence-electron chi connectivity index (χ1n) is 14.4. The molecule has 3 aromatic carbocycles. The van der Waals surface area contributed by atoms with E-state index in [4.69, 9.17) is 21.0 Å². The number of anilines is 2. The van der Waals surface area contributed by atoms with Crippen LogP contribution in [0.3, 0.4) is 0 Å². The van der Waals surface area contributed by atoms with E-state index in [1.54, 1.807) is 30.7 Å². The Morgan fingerprint density at radius 2 is 1.87 bits per heavy atom. The normalized spacial score (nSPS) is 15.0. The van der Waals surface area contributed by atoms with Crippen molar-refractivity contribution >= 4 is 51.2 Å². The molecule has 11 heteroatoms. The average Bonchev–Trinajstić information content (AvgIpc) is 3.70. The third-order valence-electron chi connectivity index (χ3n) is 8.19. The van der Waals surface area contributed by atoms with E-state index in [9.17, 15) is 15.2 Å². The van der Waals surface area contributed by atoms with Gasteiger partial charge in [0.2, 0.25) is 5.89 Å². The number of likely N-dealkylation sites (tertiary alicyclic amines) is 1. The van der Waals surface area contributed by atoms with Crippen LogP contribution in [0.4, 0.5) is 11.5 Å². The van der Waals surface area contributed by atoms with Gasteiger partial charge in [0, 0.05) is 42.8 Å². The summed E-state index contributed by atoms with van der Waals surface area (Å²) in [5.41, 5.74) is 7.70. The van der Waals surface area contributed by atoms with Gasteiger partial charge in [0.05, 0.1) is 27.7 Å². The summed E-state index contributed by atoms with van der Waals surface area (Å²) >= 11 is 6.99. The SMILES string of the molecule is Cc1c(-c2nc3cc(CN4CCC(C(=O)O)C4)cc(C#N)c3o2)cccc1-c1cccc(Nc2nccc3nccnc23)c1Cl. The van der Waals surface area contributed by atoms with Gasteiger partial charge >= 0.3 is 5.97 Å². The predicted molar refractivity (Wildman–Crippen MR) is 171 cm³/mol. The highest BCUT2D eigenvalue weighted by atomic mass is 35.5. The fraction of sp³-hybridized carbons (Fsp3) is 0.176. The van der Waals surface area contributed by atoms with Gasteiger partial charge in [0.25, 0.3) is 0 Å². The highest BCUT2D eigenvalue weighted by molar-refractivity contribution is 6.36. The van der Waals surface area contributed by atoms with E-state index in [-0.39, 0.29) is 5.92 Å². The van der Waals surface area contributed by atoms with Crippen molar-refractivity contribution in [3.05, 3.63) is 94.9 Å². The summed E-state index contributed by atoms with van der Waals surface area (Å²) in [6.45, 7) is 3.70. The van der Waals surface area contributed by atoms with Crippen molar-refractivity contribution in [1.29, 1.82) is 5.26 Å². The molecule has 2 N–H and O–H groups in total. The first kappa shape index (κ1) is 28.4. The molecule has 222 valence electrons. The highest BCUT2D eigenvalue weighted by Gasteiger charge is 2.28. The molecule has 45 heavy (non-hydrogen) atoms. The zero-order chi connectivity index (χ0) is 31.1. The van der Waals surface area contributed by atoms with E-state index in [1.165, 1.54) is 0 Å². The number of fused-ring (bicyclic) bond motifs is 2. The Morgan fingerprint density at radius 1 is 1.07 bits per heavy atom.